The Bertz CT molecular complexity index is 1150. The molecular formula is C17H11Cl2N5O4. The Morgan fingerprint density at radius 1 is 0.893 bits per heavy atom. The molecule has 0 aliphatic carbocycles. The SMILES string of the molecule is O=C(Nc1c(C(=O)Nc2ccc(Cl)nc2)[nH]c(=O)[nH]c1=O)c1ccc(Cl)cc1. The highest BCUT2D eigenvalue weighted by atomic mass is 35.5. The Hall–Kier alpha value is -3.43. The van der Waals surface area contributed by atoms with Crippen LogP contribution < -0.4 is 21.9 Å². The number of benzene rings is 1. The quantitative estimate of drug-likeness (QED) is 0.480. The summed E-state index contributed by atoms with van der Waals surface area (Å²) in [5.74, 6) is -1.50. The number of aromatic nitrogens is 3. The van der Waals surface area contributed by atoms with Gasteiger partial charge < -0.3 is 15.6 Å². The second-order valence-corrected chi connectivity index (χ2v) is 6.27. The molecule has 0 saturated carbocycles. The van der Waals surface area contributed by atoms with Crippen LogP contribution in [0.4, 0.5) is 11.4 Å². The molecule has 1 aromatic carbocycles. The molecule has 0 unspecified atom stereocenters. The van der Waals surface area contributed by atoms with Gasteiger partial charge in [-0.1, -0.05) is 23.2 Å². The number of hydrogen-bond acceptors (Lipinski definition) is 5. The minimum atomic E-state index is -0.939. The molecule has 28 heavy (non-hydrogen) atoms. The number of halogens is 2. The molecular weight excluding hydrogens is 409 g/mol. The van der Waals surface area contributed by atoms with Gasteiger partial charge in [0.05, 0.1) is 11.9 Å². The van der Waals surface area contributed by atoms with Crippen LogP contribution in [0, 0.1) is 0 Å². The van der Waals surface area contributed by atoms with Crippen molar-refractivity contribution in [3.05, 3.63) is 84.9 Å². The number of amides is 2. The molecule has 4 N–H and O–H groups in total. The van der Waals surface area contributed by atoms with Crippen molar-refractivity contribution in [2.75, 3.05) is 10.6 Å². The molecule has 0 radical (unpaired) electrons. The van der Waals surface area contributed by atoms with Gasteiger partial charge in [-0.25, -0.2) is 9.78 Å². The van der Waals surface area contributed by atoms with Crippen LogP contribution >= 0.6 is 23.2 Å². The number of H-pyrrole nitrogens is 2. The molecule has 0 spiro atoms. The van der Waals surface area contributed by atoms with Crippen LogP contribution in [0.1, 0.15) is 20.8 Å². The van der Waals surface area contributed by atoms with Crippen molar-refractivity contribution in [1.82, 2.24) is 15.0 Å². The summed E-state index contributed by atoms with van der Waals surface area (Å²) in [6.07, 6.45) is 1.29. The van der Waals surface area contributed by atoms with Gasteiger partial charge in [0.2, 0.25) is 0 Å². The van der Waals surface area contributed by atoms with Crippen molar-refractivity contribution >= 4 is 46.4 Å². The number of pyridine rings is 1. The standard InChI is InChI=1S/C17H11Cl2N5O4/c18-9-3-1-8(2-4-9)14(25)22-12-13(23-17(28)24-16(12)27)15(26)21-10-5-6-11(19)20-7-10/h1-7H,(H,21,26)(H,22,25)(H2,23,24,27,28). The summed E-state index contributed by atoms with van der Waals surface area (Å²) in [4.78, 5) is 56.6. The predicted molar refractivity (Wildman–Crippen MR) is 104 cm³/mol. The van der Waals surface area contributed by atoms with Crippen molar-refractivity contribution in [3.63, 3.8) is 0 Å². The first kappa shape index (κ1) is 19.3. The molecule has 2 heterocycles. The summed E-state index contributed by atoms with van der Waals surface area (Å²) in [5, 5.41) is 5.42. The van der Waals surface area contributed by atoms with Gasteiger partial charge in [0.1, 0.15) is 16.5 Å². The van der Waals surface area contributed by atoms with Crippen LogP contribution in [0.25, 0.3) is 0 Å². The van der Waals surface area contributed by atoms with Crippen LogP contribution in [0.5, 0.6) is 0 Å². The Balaban J connectivity index is 1.93. The number of carbonyl (C=O) groups excluding carboxylic acids is 2. The zero-order valence-corrected chi connectivity index (χ0v) is 15.4. The van der Waals surface area contributed by atoms with E-state index in [0.717, 1.165) is 0 Å². The van der Waals surface area contributed by atoms with Crippen LogP contribution in [0.15, 0.2) is 52.2 Å². The number of hydrogen-bond donors (Lipinski definition) is 4. The van der Waals surface area contributed by atoms with Crippen LogP contribution in [-0.4, -0.2) is 26.8 Å². The van der Waals surface area contributed by atoms with Crippen molar-refractivity contribution < 1.29 is 9.59 Å². The molecule has 0 aliphatic heterocycles. The third-order valence-corrected chi connectivity index (χ3v) is 3.98. The van der Waals surface area contributed by atoms with Gasteiger partial charge in [0, 0.05) is 10.6 Å². The average Bonchev–Trinajstić information content (AvgIpc) is 2.66. The number of nitrogens with zero attached hydrogens (tertiary/aromatic N) is 1. The van der Waals surface area contributed by atoms with Gasteiger partial charge in [-0.3, -0.25) is 19.4 Å². The fourth-order valence-electron chi connectivity index (χ4n) is 2.21. The third-order valence-electron chi connectivity index (χ3n) is 3.50. The van der Waals surface area contributed by atoms with Crippen LogP contribution in [0.2, 0.25) is 10.2 Å². The molecule has 9 nitrogen and oxygen atoms in total. The van der Waals surface area contributed by atoms with Crippen LogP contribution in [0.3, 0.4) is 0 Å². The summed E-state index contributed by atoms with van der Waals surface area (Å²) < 4.78 is 0. The lowest BCUT2D eigenvalue weighted by molar-refractivity contribution is 0.102. The van der Waals surface area contributed by atoms with Gasteiger partial charge in [0.25, 0.3) is 17.4 Å². The first-order valence-electron chi connectivity index (χ1n) is 7.70. The first-order chi connectivity index (χ1) is 13.3. The van der Waals surface area contributed by atoms with Crippen molar-refractivity contribution in [2.24, 2.45) is 0 Å². The summed E-state index contributed by atoms with van der Waals surface area (Å²) in [6, 6.07) is 8.79. The number of aromatic amines is 2. The highest BCUT2D eigenvalue weighted by Crippen LogP contribution is 2.14. The lowest BCUT2D eigenvalue weighted by Crippen LogP contribution is -2.32. The van der Waals surface area contributed by atoms with Gasteiger partial charge >= 0.3 is 5.69 Å². The zero-order valence-electron chi connectivity index (χ0n) is 13.9. The molecule has 2 aromatic heterocycles. The maximum absolute atomic E-state index is 12.5. The molecule has 2 amide bonds. The number of nitrogens with one attached hydrogen (secondary N) is 4. The molecule has 0 aliphatic rings. The van der Waals surface area contributed by atoms with E-state index in [1.165, 1.54) is 42.6 Å². The molecule has 0 atom stereocenters. The molecule has 11 heteroatoms. The topological polar surface area (TPSA) is 137 Å². The minimum absolute atomic E-state index is 0.197. The summed E-state index contributed by atoms with van der Waals surface area (Å²) in [7, 11) is 0. The average molecular weight is 420 g/mol. The molecule has 0 saturated heterocycles. The van der Waals surface area contributed by atoms with E-state index in [-0.39, 0.29) is 16.4 Å². The van der Waals surface area contributed by atoms with E-state index in [0.29, 0.717) is 5.02 Å². The fourth-order valence-corrected chi connectivity index (χ4v) is 2.44. The largest absolute Gasteiger partial charge is 0.326 e. The van der Waals surface area contributed by atoms with Gasteiger partial charge in [-0.15, -0.1) is 0 Å². The van der Waals surface area contributed by atoms with Crippen LogP contribution in [-0.2, 0) is 0 Å². The maximum Gasteiger partial charge on any atom is 0.326 e. The Kier molecular flexibility index (Phi) is 5.57. The van der Waals surface area contributed by atoms with Gasteiger partial charge in [0.15, 0.2) is 0 Å². The van der Waals surface area contributed by atoms with E-state index >= 15 is 0 Å². The van der Waals surface area contributed by atoms with Crippen molar-refractivity contribution in [2.45, 2.75) is 0 Å². The van der Waals surface area contributed by atoms with Crippen molar-refractivity contribution in [3.8, 4) is 0 Å². The number of rotatable bonds is 4. The summed E-state index contributed by atoms with van der Waals surface area (Å²) in [6.45, 7) is 0. The second kappa shape index (κ2) is 8.07. The second-order valence-electron chi connectivity index (χ2n) is 5.44. The smallest absolute Gasteiger partial charge is 0.319 e. The molecule has 3 aromatic rings. The van der Waals surface area contributed by atoms with E-state index < -0.39 is 34.4 Å². The van der Waals surface area contributed by atoms with Crippen molar-refractivity contribution in [1.29, 1.82) is 0 Å². The maximum atomic E-state index is 12.5. The highest BCUT2D eigenvalue weighted by molar-refractivity contribution is 6.30. The monoisotopic (exact) mass is 419 g/mol. The Morgan fingerprint density at radius 3 is 2.25 bits per heavy atom. The van der Waals surface area contributed by atoms with E-state index in [1.54, 1.807) is 0 Å². The molecule has 142 valence electrons. The molecule has 0 bridgehead atoms. The predicted octanol–water partition coefficient (Wildman–Crippen LogP) is 2.27. The summed E-state index contributed by atoms with van der Waals surface area (Å²) >= 11 is 11.5. The lowest BCUT2D eigenvalue weighted by atomic mass is 10.2. The zero-order chi connectivity index (χ0) is 20.3. The molecule has 0 fully saturated rings. The third kappa shape index (κ3) is 4.45. The molecule has 3 rings (SSSR count). The Morgan fingerprint density at radius 2 is 1.61 bits per heavy atom. The van der Waals surface area contributed by atoms with E-state index in [2.05, 4.69) is 20.6 Å². The number of carbonyl (C=O) groups is 2. The first-order valence-corrected chi connectivity index (χ1v) is 8.45. The van der Waals surface area contributed by atoms with E-state index in [4.69, 9.17) is 23.2 Å². The minimum Gasteiger partial charge on any atom is -0.319 e. The highest BCUT2D eigenvalue weighted by Gasteiger charge is 2.20. The van der Waals surface area contributed by atoms with E-state index in [9.17, 15) is 19.2 Å². The fraction of sp³-hybridized carbons (Fsp3) is 0. The summed E-state index contributed by atoms with van der Waals surface area (Å²) in [5.41, 5.74) is -2.22. The van der Waals surface area contributed by atoms with E-state index in [1.807, 2.05) is 4.98 Å². The number of anilines is 2. The van der Waals surface area contributed by atoms with Gasteiger partial charge in [-0.05, 0) is 36.4 Å². The normalized spacial score (nSPS) is 10.4. The van der Waals surface area contributed by atoms with Gasteiger partial charge in [-0.2, -0.15) is 0 Å². The lowest BCUT2D eigenvalue weighted by Gasteiger charge is -2.10. The Labute approximate surface area is 166 Å².